The Bertz CT molecular complexity index is 611. The molecule has 1 fully saturated rings. The van der Waals surface area contributed by atoms with Crippen molar-refractivity contribution in [2.45, 2.75) is 25.2 Å². The fraction of sp³-hybridized carbons (Fsp3) is 0.571. The van der Waals surface area contributed by atoms with Crippen LogP contribution in [0.1, 0.15) is 18.9 Å². The van der Waals surface area contributed by atoms with Gasteiger partial charge in [0.25, 0.3) is 0 Å². The van der Waals surface area contributed by atoms with Crippen molar-refractivity contribution < 1.29 is 8.42 Å². The van der Waals surface area contributed by atoms with Gasteiger partial charge in [0, 0.05) is 36.9 Å². The Morgan fingerprint density at radius 2 is 1.86 bits per heavy atom. The first-order valence-electron chi connectivity index (χ1n) is 7.14. The molecule has 1 aliphatic rings. The maximum atomic E-state index is 12.8. The van der Waals surface area contributed by atoms with E-state index in [0.717, 1.165) is 26.1 Å². The summed E-state index contributed by atoms with van der Waals surface area (Å²) < 4.78 is 27.1. The minimum absolute atomic E-state index is 0.219. The lowest BCUT2D eigenvalue weighted by atomic mass is 10.2. The van der Waals surface area contributed by atoms with Crippen LogP contribution in [0.3, 0.4) is 0 Å². The molecule has 5 nitrogen and oxygen atoms in total. The summed E-state index contributed by atoms with van der Waals surface area (Å²) in [6, 6.07) is 3.07. The van der Waals surface area contributed by atoms with Gasteiger partial charge < -0.3 is 10.6 Å². The third kappa shape index (κ3) is 3.51. The molecule has 0 atom stereocenters. The van der Waals surface area contributed by atoms with Gasteiger partial charge in [-0.2, -0.15) is 4.31 Å². The van der Waals surface area contributed by atoms with E-state index in [9.17, 15) is 8.42 Å². The van der Waals surface area contributed by atoms with E-state index in [1.165, 1.54) is 10.4 Å². The van der Waals surface area contributed by atoms with Crippen LogP contribution in [0.25, 0.3) is 0 Å². The van der Waals surface area contributed by atoms with E-state index in [0.29, 0.717) is 29.4 Å². The number of nitrogen functional groups attached to an aromatic ring is 1. The van der Waals surface area contributed by atoms with Gasteiger partial charge in [-0.05, 0) is 37.6 Å². The smallest absolute Gasteiger partial charge is 0.243 e. The van der Waals surface area contributed by atoms with E-state index in [4.69, 9.17) is 17.3 Å². The van der Waals surface area contributed by atoms with Crippen LogP contribution in [0.5, 0.6) is 0 Å². The second-order valence-corrected chi connectivity index (χ2v) is 7.71. The number of piperazine rings is 1. The molecule has 1 heterocycles. The molecule has 1 aromatic carbocycles. The Kier molecular flexibility index (Phi) is 5.14. The maximum absolute atomic E-state index is 12.8. The predicted molar refractivity (Wildman–Crippen MR) is 86.1 cm³/mol. The van der Waals surface area contributed by atoms with Crippen molar-refractivity contribution in [3.05, 3.63) is 22.7 Å². The molecular formula is C14H22ClN3O2S. The molecule has 2 N–H and O–H groups in total. The van der Waals surface area contributed by atoms with Gasteiger partial charge in [-0.1, -0.05) is 18.5 Å². The van der Waals surface area contributed by atoms with Gasteiger partial charge in [0.1, 0.15) is 0 Å². The molecule has 2 rings (SSSR count). The van der Waals surface area contributed by atoms with Gasteiger partial charge in [-0.3, -0.25) is 0 Å². The Labute approximate surface area is 131 Å². The molecule has 1 aliphatic heterocycles. The Morgan fingerprint density at radius 3 is 2.43 bits per heavy atom. The molecular weight excluding hydrogens is 310 g/mol. The van der Waals surface area contributed by atoms with Crippen molar-refractivity contribution >= 4 is 27.3 Å². The van der Waals surface area contributed by atoms with Crippen LogP contribution in [0.15, 0.2) is 17.0 Å². The number of nitrogens with zero attached hydrogens (tertiary/aromatic N) is 2. The van der Waals surface area contributed by atoms with Crippen LogP contribution in [0.4, 0.5) is 5.69 Å². The number of benzene rings is 1. The first-order valence-corrected chi connectivity index (χ1v) is 8.96. The lowest BCUT2D eigenvalue weighted by Crippen LogP contribution is -2.48. The Morgan fingerprint density at radius 1 is 1.24 bits per heavy atom. The van der Waals surface area contributed by atoms with Crippen molar-refractivity contribution in [1.82, 2.24) is 9.21 Å². The standard InChI is InChI=1S/C14H22ClN3O2S/c1-3-4-17-5-7-18(8-6-17)21(19,20)14-10-12(15)9-13(16)11(14)2/h9-10H,3-8,16H2,1-2H3. The molecule has 118 valence electrons. The quantitative estimate of drug-likeness (QED) is 0.856. The van der Waals surface area contributed by atoms with Gasteiger partial charge in [-0.25, -0.2) is 8.42 Å². The highest BCUT2D eigenvalue weighted by molar-refractivity contribution is 7.89. The molecule has 1 saturated heterocycles. The number of anilines is 1. The first-order chi connectivity index (χ1) is 9.86. The lowest BCUT2D eigenvalue weighted by Gasteiger charge is -2.34. The van der Waals surface area contributed by atoms with Crippen molar-refractivity contribution in [3.8, 4) is 0 Å². The second-order valence-electron chi connectivity index (χ2n) is 5.36. The number of halogens is 1. The zero-order valence-corrected chi connectivity index (χ0v) is 14.0. The van der Waals surface area contributed by atoms with Crippen molar-refractivity contribution in [1.29, 1.82) is 0 Å². The van der Waals surface area contributed by atoms with Crippen molar-refractivity contribution in [2.75, 3.05) is 38.5 Å². The van der Waals surface area contributed by atoms with E-state index in [2.05, 4.69) is 11.8 Å². The zero-order valence-electron chi connectivity index (χ0n) is 12.5. The van der Waals surface area contributed by atoms with E-state index in [1.807, 2.05) is 0 Å². The van der Waals surface area contributed by atoms with Crippen LogP contribution in [-0.2, 0) is 10.0 Å². The minimum Gasteiger partial charge on any atom is -0.398 e. The molecule has 21 heavy (non-hydrogen) atoms. The van der Waals surface area contributed by atoms with Crippen molar-refractivity contribution in [2.24, 2.45) is 0 Å². The summed E-state index contributed by atoms with van der Waals surface area (Å²) in [5, 5.41) is 0.348. The largest absolute Gasteiger partial charge is 0.398 e. The Hall–Kier alpha value is -0.820. The monoisotopic (exact) mass is 331 g/mol. The van der Waals surface area contributed by atoms with Gasteiger partial charge in [0.2, 0.25) is 10.0 Å². The maximum Gasteiger partial charge on any atom is 0.243 e. The molecule has 7 heteroatoms. The number of hydrogen-bond acceptors (Lipinski definition) is 4. The molecule has 0 unspecified atom stereocenters. The fourth-order valence-electron chi connectivity index (χ4n) is 2.59. The summed E-state index contributed by atoms with van der Waals surface area (Å²) in [6.07, 6.45) is 1.08. The molecule has 0 amide bonds. The summed E-state index contributed by atoms with van der Waals surface area (Å²) in [5.41, 5.74) is 6.81. The molecule has 0 bridgehead atoms. The normalized spacial score (nSPS) is 18.0. The average Bonchev–Trinajstić information content (AvgIpc) is 2.43. The van der Waals surface area contributed by atoms with E-state index >= 15 is 0 Å². The molecule has 1 aromatic rings. The van der Waals surface area contributed by atoms with E-state index < -0.39 is 10.0 Å². The highest BCUT2D eigenvalue weighted by atomic mass is 35.5. The molecule has 0 saturated carbocycles. The summed E-state index contributed by atoms with van der Waals surface area (Å²) in [5.74, 6) is 0. The number of sulfonamides is 1. The van der Waals surface area contributed by atoms with Gasteiger partial charge in [0.05, 0.1) is 4.90 Å². The van der Waals surface area contributed by atoms with E-state index in [-0.39, 0.29) is 4.90 Å². The first kappa shape index (κ1) is 16.5. The number of rotatable bonds is 4. The van der Waals surface area contributed by atoms with Crippen LogP contribution in [0.2, 0.25) is 5.02 Å². The summed E-state index contributed by atoms with van der Waals surface area (Å²) in [6.45, 7) is 7.40. The molecule has 0 radical (unpaired) electrons. The number of nitrogens with two attached hydrogens (primary N) is 1. The summed E-state index contributed by atoms with van der Waals surface area (Å²) >= 11 is 5.96. The van der Waals surface area contributed by atoms with Gasteiger partial charge >= 0.3 is 0 Å². The predicted octanol–water partition coefficient (Wildman–Crippen LogP) is 1.95. The fourth-order valence-corrected chi connectivity index (χ4v) is 4.59. The highest BCUT2D eigenvalue weighted by Crippen LogP contribution is 2.28. The lowest BCUT2D eigenvalue weighted by molar-refractivity contribution is 0.188. The second kappa shape index (κ2) is 6.52. The zero-order chi connectivity index (χ0) is 15.6. The number of hydrogen-bond donors (Lipinski definition) is 1. The van der Waals surface area contributed by atoms with E-state index in [1.54, 1.807) is 13.0 Å². The SMILES string of the molecule is CCCN1CCN(S(=O)(=O)c2cc(Cl)cc(N)c2C)CC1. The van der Waals surface area contributed by atoms with Crippen LogP contribution in [0, 0.1) is 6.92 Å². The summed E-state index contributed by atoms with van der Waals surface area (Å²) in [7, 11) is -3.53. The third-order valence-corrected chi connectivity index (χ3v) is 6.10. The van der Waals surface area contributed by atoms with Crippen molar-refractivity contribution in [3.63, 3.8) is 0 Å². The minimum atomic E-state index is -3.53. The average molecular weight is 332 g/mol. The molecule has 0 spiro atoms. The van der Waals surface area contributed by atoms with Gasteiger partial charge in [0.15, 0.2) is 0 Å². The van der Waals surface area contributed by atoms with Crippen LogP contribution < -0.4 is 5.73 Å². The highest BCUT2D eigenvalue weighted by Gasteiger charge is 2.30. The summed E-state index contributed by atoms with van der Waals surface area (Å²) in [4.78, 5) is 2.50. The molecule has 0 aliphatic carbocycles. The van der Waals surface area contributed by atoms with Crippen LogP contribution in [-0.4, -0.2) is 50.3 Å². The topological polar surface area (TPSA) is 66.6 Å². The third-order valence-electron chi connectivity index (χ3n) is 3.85. The van der Waals surface area contributed by atoms with Crippen LogP contribution >= 0.6 is 11.6 Å². The molecule has 0 aromatic heterocycles. The van der Waals surface area contributed by atoms with Gasteiger partial charge in [-0.15, -0.1) is 0 Å². The Balaban J connectivity index is 2.24.